The molecule has 1 atom stereocenters. The summed E-state index contributed by atoms with van der Waals surface area (Å²) < 4.78 is 26.7. The topological polar surface area (TPSA) is 63.4 Å². The third-order valence-corrected chi connectivity index (χ3v) is 6.19. The predicted octanol–water partition coefficient (Wildman–Crippen LogP) is 3.16. The smallest absolute Gasteiger partial charge is 0.243 e. The quantitative estimate of drug-likeness (QED) is 0.881. The van der Waals surface area contributed by atoms with Crippen LogP contribution in [0.15, 0.2) is 23.1 Å². The van der Waals surface area contributed by atoms with Crippen LogP contribution in [0.1, 0.15) is 19.3 Å². The van der Waals surface area contributed by atoms with E-state index in [1.54, 1.807) is 0 Å². The highest BCUT2D eigenvalue weighted by molar-refractivity contribution is 7.89. The third kappa shape index (κ3) is 4.47. The van der Waals surface area contributed by atoms with Crippen LogP contribution in [0.25, 0.3) is 0 Å². The molecule has 1 aliphatic heterocycles. The second-order valence-corrected chi connectivity index (χ2v) is 7.78. The van der Waals surface area contributed by atoms with Crippen LogP contribution in [0.5, 0.6) is 0 Å². The summed E-state index contributed by atoms with van der Waals surface area (Å²) >= 11 is 11.7. The maximum Gasteiger partial charge on any atom is 0.243 e. The lowest BCUT2D eigenvalue weighted by atomic mass is 9.96. The Labute approximate surface area is 142 Å². The van der Waals surface area contributed by atoms with Gasteiger partial charge in [-0.1, -0.05) is 23.2 Å². The molecule has 0 bridgehead atoms. The fourth-order valence-electron chi connectivity index (χ4n) is 2.50. The van der Waals surface area contributed by atoms with E-state index in [0.29, 0.717) is 30.6 Å². The highest BCUT2D eigenvalue weighted by Crippen LogP contribution is 2.29. The summed E-state index contributed by atoms with van der Waals surface area (Å²) in [5.41, 5.74) is 5.56. The van der Waals surface area contributed by atoms with Crippen LogP contribution >= 0.6 is 35.6 Å². The Morgan fingerprint density at radius 2 is 2.00 bits per heavy atom. The predicted molar refractivity (Wildman–Crippen MR) is 88.9 cm³/mol. The molecule has 8 heteroatoms. The highest BCUT2D eigenvalue weighted by atomic mass is 35.5. The third-order valence-electron chi connectivity index (χ3n) is 3.59. The molecule has 1 unspecified atom stereocenters. The highest BCUT2D eigenvalue weighted by Gasteiger charge is 2.30. The van der Waals surface area contributed by atoms with Crippen LogP contribution in [0.4, 0.5) is 0 Å². The Kier molecular flexibility index (Phi) is 7.24. The van der Waals surface area contributed by atoms with Gasteiger partial charge in [-0.05, 0) is 49.9 Å². The summed E-state index contributed by atoms with van der Waals surface area (Å²) in [6.45, 7) is 1.66. The first-order chi connectivity index (χ1) is 9.45. The number of halogens is 3. The number of sulfonamides is 1. The second kappa shape index (κ2) is 7.99. The maximum atomic E-state index is 12.6. The molecule has 0 amide bonds. The Morgan fingerprint density at radius 3 is 2.62 bits per heavy atom. The Hall–Kier alpha value is -0.0400. The molecular weight excluding hydrogens is 355 g/mol. The minimum Gasteiger partial charge on any atom is -0.330 e. The second-order valence-electron chi connectivity index (χ2n) is 5.02. The molecule has 1 aliphatic rings. The monoisotopic (exact) mass is 372 g/mol. The number of hydrogen-bond acceptors (Lipinski definition) is 3. The summed E-state index contributed by atoms with van der Waals surface area (Å²) in [6.07, 6.45) is 2.75. The van der Waals surface area contributed by atoms with Crippen molar-refractivity contribution < 1.29 is 8.42 Å². The van der Waals surface area contributed by atoms with E-state index in [2.05, 4.69) is 0 Å². The van der Waals surface area contributed by atoms with Gasteiger partial charge in [0.25, 0.3) is 0 Å². The van der Waals surface area contributed by atoms with E-state index in [4.69, 9.17) is 28.9 Å². The van der Waals surface area contributed by atoms with E-state index in [1.807, 2.05) is 0 Å². The molecule has 4 nitrogen and oxygen atoms in total. The van der Waals surface area contributed by atoms with Gasteiger partial charge in [0.1, 0.15) is 0 Å². The number of hydrogen-bond donors (Lipinski definition) is 1. The lowest BCUT2D eigenvalue weighted by Gasteiger charge is -2.31. The molecule has 1 aromatic carbocycles. The van der Waals surface area contributed by atoms with Crippen molar-refractivity contribution in [1.29, 1.82) is 0 Å². The molecule has 0 aromatic heterocycles. The van der Waals surface area contributed by atoms with Gasteiger partial charge in [0, 0.05) is 13.1 Å². The molecule has 0 spiro atoms. The molecule has 1 heterocycles. The van der Waals surface area contributed by atoms with Crippen molar-refractivity contribution in [1.82, 2.24) is 4.31 Å². The van der Waals surface area contributed by atoms with Gasteiger partial charge in [0.05, 0.1) is 14.9 Å². The van der Waals surface area contributed by atoms with E-state index >= 15 is 0 Å². The number of benzene rings is 1. The number of nitrogens with zero attached hydrogens (tertiary/aromatic N) is 1. The maximum absolute atomic E-state index is 12.6. The molecular formula is C13H19Cl3N2O2S. The summed E-state index contributed by atoms with van der Waals surface area (Å²) in [6, 6.07) is 4.42. The first-order valence-electron chi connectivity index (χ1n) is 6.60. The van der Waals surface area contributed by atoms with Crippen molar-refractivity contribution in [2.24, 2.45) is 11.7 Å². The fraction of sp³-hybridized carbons (Fsp3) is 0.538. The first-order valence-corrected chi connectivity index (χ1v) is 8.80. The lowest BCUT2D eigenvalue weighted by Crippen LogP contribution is -2.40. The zero-order valence-electron chi connectivity index (χ0n) is 11.5. The van der Waals surface area contributed by atoms with Gasteiger partial charge in [-0.25, -0.2) is 8.42 Å². The Morgan fingerprint density at radius 1 is 1.29 bits per heavy atom. The normalized spacial score (nSPS) is 20.0. The van der Waals surface area contributed by atoms with Crippen LogP contribution in [0.2, 0.25) is 10.0 Å². The zero-order valence-corrected chi connectivity index (χ0v) is 14.6. The summed E-state index contributed by atoms with van der Waals surface area (Å²) in [7, 11) is -3.50. The molecule has 120 valence electrons. The van der Waals surface area contributed by atoms with Gasteiger partial charge in [-0.2, -0.15) is 4.31 Å². The van der Waals surface area contributed by atoms with Crippen molar-refractivity contribution in [2.45, 2.75) is 24.2 Å². The van der Waals surface area contributed by atoms with E-state index in [-0.39, 0.29) is 22.3 Å². The van der Waals surface area contributed by atoms with Gasteiger partial charge in [0.15, 0.2) is 0 Å². The molecule has 1 fully saturated rings. The van der Waals surface area contributed by atoms with Crippen molar-refractivity contribution in [3.63, 3.8) is 0 Å². The molecule has 0 aliphatic carbocycles. The average molecular weight is 374 g/mol. The molecule has 0 radical (unpaired) electrons. The van der Waals surface area contributed by atoms with E-state index in [0.717, 1.165) is 19.3 Å². The van der Waals surface area contributed by atoms with Crippen LogP contribution in [0, 0.1) is 5.92 Å². The lowest BCUT2D eigenvalue weighted by molar-refractivity contribution is 0.258. The molecule has 0 saturated carbocycles. The van der Waals surface area contributed by atoms with Crippen LogP contribution < -0.4 is 5.73 Å². The molecule has 21 heavy (non-hydrogen) atoms. The first kappa shape index (κ1) is 19.0. The van der Waals surface area contributed by atoms with E-state index < -0.39 is 10.0 Å². The molecule has 1 aromatic rings. The largest absolute Gasteiger partial charge is 0.330 e. The minimum atomic E-state index is -3.50. The van der Waals surface area contributed by atoms with Crippen molar-refractivity contribution in [2.75, 3.05) is 19.6 Å². The van der Waals surface area contributed by atoms with E-state index in [9.17, 15) is 8.42 Å². The molecule has 2 rings (SSSR count). The number of nitrogens with two attached hydrogens (primary N) is 1. The zero-order chi connectivity index (χ0) is 14.8. The number of rotatable bonds is 4. The van der Waals surface area contributed by atoms with Gasteiger partial charge < -0.3 is 5.73 Å². The number of piperidine rings is 1. The van der Waals surface area contributed by atoms with Gasteiger partial charge in [0.2, 0.25) is 10.0 Å². The van der Waals surface area contributed by atoms with Crippen molar-refractivity contribution in [3.05, 3.63) is 28.2 Å². The SMILES string of the molecule is Cl.NCCC1CCCN(S(=O)(=O)c2ccc(Cl)c(Cl)c2)C1. The Balaban J connectivity index is 0.00000220. The van der Waals surface area contributed by atoms with Crippen LogP contribution in [0.3, 0.4) is 0 Å². The Bertz CT molecular complexity index is 579. The molecule has 1 saturated heterocycles. The summed E-state index contributed by atoms with van der Waals surface area (Å²) in [5, 5.41) is 0.605. The average Bonchev–Trinajstić information content (AvgIpc) is 2.42. The summed E-state index contributed by atoms with van der Waals surface area (Å²) in [5.74, 6) is 0.339. The molecule has 2 N–H and O–H groups in total. The fourth-order valence-corrected chi connectivity index (χ4v) is 4.45. The van der Waals surface area contributed by atoms with Crippen LogP contribution in [-0.4, -0.2) is 32.4 Å². The van der Waals surface area contributed by atoms with Gasteiger partial charge >= 0.3 is 0 Å². The standard InChI is InChI=1S/C13H18Cl2N2O2S.ClH/c14-12-4-3-11(8-13(12)15)20(18,19)17-7-1-2-10(9-17)5-6-16;/h3-4,8,10H,1-2,5-7,9,16H2;1H. The van der Waals surface area contributed by atoms with Gasteiger partial charge in [-0.3, -0.25) is 0 Å². The van der Waals surface area contributed by atoms with Crippen molar-refractivity contribution >= 4 is 45.6 Å². The van der Waals surface area contributed by atoms with Crippen molar-refractivity contribution in [3.8, 4) is 0 Å². The van der Waals surface area contributed by atoms with Gasteiger partial charge in [-0.15, -0.1) is 12.4 Å². The summed E-state index contributed by atoms with van der Waals surface area (Å²) in [4.78, 5) is 0.195. The minimum absolute atomic E-state index is 0. The van der Waals surface area contributed by atoms with E-state index in [1.165, 1.54) is 22.5 Å². The van der Waals surface area contributed by atoms with Crippen LogP contribution in [-0.2, 0) is 10.0 Å².